The van der Waals surface area contributed by atoms with Gasteiger partial charge in [-0.05, 0) is 37.6 Å². The van der Waals surface area contributed by atoms with E-state index in [1.165, 1.54) is 6.92 Å². The summed E-state index contributed by atoms with van der Waals surface area (Å²) in [7, 11) is 0. The van der Waals surface area contributed by atoms with E-state index < -0.39 is 23.8 Å². The molecule has 0 spiro atoms. The van der Waals surface area contributed by atoms with Crippen LogP contribution in [-0.2, 0) is 14.4 Å². The molecule has 7 heteroatoms. The molecule has 0 aromatic heterocycles. The number of ether oxygens (including phenoxy) is 1. The quantitative estimate of drug-likeness (QED) is 0.581. The Bertz CT molecular complexity index is 762. The lowest BCUT2D eigenvalue weighted by molar-refractivity contribution is -0.139. The molecule has 2 aromatic rings. The van der Waals surface area contributed by atoms with Crippen LogP contribution >= 0.6 is 0 Å². The second-order valence-corrected chi connectivity index (χ2v) is 5.29. The molecule has 0 radical (unpaired) electrons. The summed E-state index contributed by atoms with van der Waals surface area (Å²) in [6.07, 6.45) is -0.845. The number of aryl methyl sites for hydroxylation is 1. The highest BCUT2D eigenvalue weighted by Crippen LogP contribution is 2.12. The van der Waals surface area contributed by atoms with Gasteiger partial charge in [-0.2, -0.15) is 0 Å². The van der Waals surface area contributed by atoms with E-state index in [4.69, 9.17) is 4.74 Å². The van der Waals surface area contributed by atoms with Crippen LogP contribution in [-0.4, -0.2) is 23.8 Å². The lowest BCUT2D eigenvalue weighted by atomic mass is 10.2. The van der Waals surface area contributed by atoms with Crippen LogP contribution < -0.4 is 20.9 Å². The van der Waals surface area contributed by atoms with Crippen molar-refractivity contribution in [2.45, 2.75) is 20.0 Å². The lowest BCUT2D eigenvalue weighted by Crippen LogP contribution is -2.50. The Morgan fingerprint density at radius 1 is 0.880 bits per heavy atom. The van der Waals surface area contributed by atoms with Crippen LogP contribution in [0.2, 0.25) is 0 Å². The van der Waals surface area contributed by atoms with Gasteiger partial charge in [0.2, 0.25) is 0 Å². The fourth-order valence-electron chi connectivity index (χ4n) is 1.93. The zero-order valence-corrected chi connectivity index (χ0v) is 13.9. The van der Waals surface area contributed by atoms with Crippen LogP contribution in [0.1, 0.15) is 12.5 Å². The van der Waals surface area contributed by atoms with Crippen molar-refractivity contribution < 1.29 is 19.1 Å². The van der Waals surface area contributed by atoms with Crippen LogP contribution in [0, 0.1) is 6.92 Å². The average Bonchev–Trinajstić information content (AvgIpc) is 2.62. The molecular weight excluding hydrogens is 322 g/mol. The van der Waals surface area contributed by atoms with Gasteiger partial charge >= 0.3 is 11.8 Å². The van der Waals surface area contributed by atoms with Gasteiger partial charge in [0.05, 0.1) is 0 Å². The number of amides is 3. The molecule has 0 fully saturated rings. The van der Waals surface area contributed by atoms with E-state index in [0.29, 0.717) is 11.4 Å². The summed E-state index contributed by atoms with van der Waals surface area (Å²) in [4.78, 5) is 35.5. The number of carbonyl (C=O) groups is 3. The number of hydrazine groups is 1. The van der Waals surface area contributed by atoms with Crippen molar-refractivity contribution in [2.75, 3.05) is 5.32 Å². The van der Waals surface area contributed by atoms with Gasteiger partial charge in [-0.15, -0.1) is 0 Å². The molecule has 0 aliphatic rings. The van der Waals surface area contributed by atoms with Gasteiger partial charge in [-0.1, -0.05) is 36.4 Å². The first-order chi connectivity index (χ1) is 12.0. The number of hydrogen-bond acceptors (Lipinski definition) is 4. The summed E-state index contributed by atoms with van der Waals surface area (Å²) in [6, 6.07) is 15.8. The number of hydrogen-bond donors (Lipinski definition) is 3. The highest BCUT2D eigenvalue weighted by Gasteiger charge is 2.18. The number of nitrogens with one attached hydrogen (secondary N) is 3. The predicted octanol–water partition coefficient (Wildman–Crippen LogP) is 1.55. The first-order valence-electron chi connectivity index (χ1n) is 7.66. The van der Waals surface area contributed by atoms with Crippen LogP contribution in [0.25, 0.3) is 0 Å². The molecule has 25 heavy (non-hydrogen) atoms. The van der Waals surface area contributed by atoms with E-state index in [1.54, 1.807) is 49.4 Å². The molecule has 0 saturated carbocycles. The second kappa shape index (κ2) is 8.49. The van der Waals surface area contributed by atoms with E-state index in [1.807, 2.05) is 12.1 Å². The molecule has 2 rings (SSSR count). The number of rotatable bonds is 4. The molecule has 0 saturated heterocycles. The summed E-state index contributed by atoms with van der Waals surface area (Å²) in [5.41, 5.74) is 5.56. The number of benzene rings is 2. The number of carbonyl (C=O) groups excluding carboxylic acids is 3. The van der Waals surface area contributed by atoms with Crippen molar-refractivity contribution >= 4 is 23.4 Å². The van der Waals surface area contributed by atoms with Crippen molar-refractivity contribution in [3.05, 3.63) is 60.2 Å². The topological polar surface area (TPSA) is 96.5 Å². The lowest BCUT2D eigenvalue weighted by Gasteiger charge is -2.15. The Hall–Kier alpha value is -3.35. The maximum Gasteiger partial charge on any atom is 0.328 e. The molecule has 7 nitrogen and oxygen atoms in total. The Morgan fingerprint density at radius 2 is 1.52 bits per heavy atom. The van der Waals surface area contributed by atoms with Gasteiger partial charge in [-0.3, -0.25) is 25.2 Å². The van der Waals surface area contributed by atoms with Crippen LogP contribution in [0.15, 0.2) is 54.6 Å². The smallest absolute Gasteiger partial charge is 0.328 e. The monoisotopic (exact) mass is 341 g/mol. The Balaban J connectivity index is 1.81. The summed E-state index contributed by atoms with van der Waals surface area (Å²) in [6.45, 7) is 3.33. The number of anilines is 1. The van der Waals surface area contributed by atoms with Gasteiger partial charge < -0.3 is 10.1 Å². The minimum atomic E-state index is -0.983. The molecule has 0 aliphatic heterocycles. The van der Waals surface area contributed by atoms with Gasteiger partial charge in [0.15, 0.2) is 6.10 Å². The Labute approximate surface area is 145 Å². The standard InChI is InChI=1S/C18H19N3O4/c1-12-8-6-7-11-15(12)19-17(23)18(24)21-20-16(22)13(2)25-14-9-4-3-5-10-14/h3-11,13H,1-2H3,(H,19,23)(H,20,22)(H,21,24)/t13-/m1/s1. The molecule has 130 valence electrons. The Morgan fingerprint density at radius 3 is 2.20 bits per heavy atom. The van der Waals surface area contributed by atoms with Crippen LogP contribution in [0.3, 0.4) is 0 Å². The fraction of sp³-hybridized carbons (Fsp3) is 0.167. The number of para-hydroxylation sites is 2. The average molecular weight is 341 g/mol. The zero-order chi connectivity index (χ0) is 18.2. The van der Waals surface area contributed by atoms with Crippen molar-refractivity contribution in [2.24, 2.45) is 0 Å². The normalized spacial score (nSPS) is 11.1. The van der Waals surface area contributed by atoms with E-state index in [0.717, 1.165) is 5.56 Å². The maximum absolute atomic E-state index is 11.9. The van der Waals surface area contributed by atoms with Gasteiger partial charge in [-0.25, -0.2) is 0 Å². The van der Waals surface area contributed by atoms with E-state index in [2.05, 4.69) is 16.2 Å². The van der Waals surface area contributed by atoms with Gasteiger partial charge in [0.1, 0.15) is 5.75 Å². The fourth-order valence-corrected chi connectivity index (χ4v) is 1.93. The first-order valence-corrected chi connectivity index (χ1v) is 7.66. The van der Waals surface area contributed by atoms with E-state index >= 15 is 0 Å². The minimum absolute atomic E-state index is 0.522. The summed E-state index contributed by atoms with van der Waals surface area (Å²) in [5.74, 6) is -1.93. The molecular formula is C18H19N3O4. The highest BCUT2D eigenvalue weighted by atomic mass is 16.5. The summed E-state index contributed by atoms with van der Waals surface area (Å²) in [5, 5.41) is 2.47. The molecule has 3 N–H and O–H groups in total. The van der Waals surface area contributed by atoms with E-state index in [-0.39, 0.29) is 0 Å². The van der Waals surface area contributed by atoms with Crippen molar-refractivity contribution in [1.82, 2.24) is 10.9 Å². The van der Waals surface area contributed by atoms with Crippen molar-refractivity contribution in [1.29, 1.82) is 0 Å². The molecule has 2 aromatic carbocycles. The minimum Gasteiger partial charge on any atom is -0.481 e. The van der Waals surface area contributed by atoms with Gasteiger partial charge in [0, 0.05) is 5.69 Å². The van der Waals surface area contributed by atoms with Gasteiger partial charge in [0.25, 0.3) is 5.91 Å². The Kier molecular flexibility index (Phi) is 6.11. The van der Waals surface area contributed by atoms with Crippen molar-refractivity contribution in [3.8, 4) is 5.75 Å². The zero-order valence-electron chi connectivity index (χ0n) is 13.9. The van der Waals surface area contributed by atoms with Crippen LogP contribution in [0.4, 0.5) is 5.69 Å². The van der Waals surface area contributed by atoms with Crippen molar-refractivity contribution in [3.63, 3.8) is 0 Å². The molecule has 3 amide bonds. The predicted molar refractivity (Wildman–Crippen MR) is 92.6 cm³/mol. The molecule has 0 aliphatic carbocycles. The third-order valence-electron chi connectivity index (χ3n) is 3.32. The first kappa shape index (κ1) is 18.0. The third-order valence-corrected chi connectivity index (χ3v) is 3.32. The molecule has 0 heterocycles. The summed E-state index contributed by atoms with van der Waals surface area (Å²) >= 11 is 0. The SMILES string of the molecule is Cc1ccccc1NC(=O)C(=O)NNC(=O)[C@@H](C)Oc1ccccc1. The van der Waals surface area contributed by atoms with Crippen LogP contribution in [0.5, 0.6) is 5.75 Å². The maximum atomic E-state index is 11.9. The second-order valence-electron chi connectivity index (χ2n) is 5.29. The summed E-state index contributed by atoms with van der Waals surface area (Å²) < 4.78 is 5.42. The molecule has 1 atom stereocenters. The third kappa shape index (κ3) is 5.35. The highest BCUT2D eigenvalue weighted by molar-refractivity contribution is 6.39. The van der Waals surface area contributed by atoms with E-state index in [9.17, 15) is 14.4 Å². The largest absolute Gasteiger partial charge is 0.481 e. The molecule has 0 unspecified atom stereocenters. The molecule has 0 bridgehead atoms.